The maximum atomic E-state index is 10.3. The number of rotatable bonds is 5. The molecular formula is C5H7NO6S. The van der Waals surface area contributed by atoms with Crippen LogP contribution in [0.15, 0.2) is 4.36 Å². The summed E-state index contributed by atoms with van der Waals surface area (Å²) in [5.74, 6) is -2.65. The molecule has 0 spiro atoms. The lowest BCUT2D eigenvalue weighted by atomic mass is 10.2. The van der Waals surface area contributed by atoms with Gasteiger partial charge in [0.05, 0.1) is 0 Å². The van der Waals surface area contributed by atoms with E-state index in [1.165, 1.54) is 0 Å². The second-order valence-corrected chi connectivity index (χ2v) is 2.75. The Balaban J connectivity index is 4.37. The van der Waals surface area contributed by atoms with E-state index >= 15 is 0 Å². The third-order valence-electron chi connectivity index (χ3n) is 1.13. The lowest BCUT2D eigenvalue weighted by molar-refractivity contribution is -0.139. The smallest absolute Gasteiger partial charge is 0.329 e. The van der Waals surface area contributed by atoms with Gasteiger partial charge in [0, 0.05) is 6.42 Å². The lowest BCUT2D eigenvalue weighted by Gasteiger charge is -2.00. The van der Waals surface area contributed by atoms with Gasteiger partial charge in [-0.15, -0.1) is 0 Å². The van der Waals surface area contributed by atoms with Gasteiger partial charge in [-0.25, -0.2) is 4.79 Å². The Hall–Kier alpha value is -1.44. The van der Waals surface area contributed by atoms with Gasteiger partial charge in [0.15, 0.2) is 6.04 Å². The van der Waals surface area contributed by atoms with Crippen LogP contribution in [0.3, 0.4) is 0 Å². The molecule has 0 aliphatic heterocycles. The predicted molar refractivity (Wildman–Crippen MR) is 39.6 cm³/mol. The second-order valence-electron chi connectivity index (χ2n) is 2.11. The van der Waals surface area contributed by atoms with Crippen LogP contribution in [0.1, 0.15) is 12.8 Å². The summed E-state index contributed by atoms with van der Waals surface area (Å²) >= 11 is 0. The second kappa shape index (κ2) is 5.25. The SMILES string of the molecule is O=C(O)CCC(N=S(=O)=O)C(=O)O. The van der Waals surface area contributed by atoms with Crippen molar-refractivity contribution < 1.29 is 28.2 Å². The van der Waals surface area contributed by atoms with Gasteiger partial charge in [-0.2, -0.15) is 12.8 Å². The highest BCUT2D eigenvalue weighted by Crippen LogP contribution is 2.02. The quantitative estimate of drug-likeness (QED) is 0.621. The van der Waals surface area contributed by atoms with Crippen LogP contribution in [0.2, 0.25) is 0 Å². The molecule has 0 radical (unpaired) electrons. The highest BCUT2D eigenvalue weighted by atomic mass is 32.2. The van der Waals surface area contributed by atoms with Crippen molar-refractivity contribution in [3.05, 3.63) is 0 Å². The minimum atomic E-state index is -2.83. The van der Waals surface area contributed by atoms with Gasteiger partial charge < -0.3 is 10.2 Å². The van der Waals surface area contributed by atoms with Crippen molar-refractivity contribution in [2.24, 2.45) is 4.36 Å². The monoisotopic (exact) mass is 209 g/mol. The van der Waals surface area contributed by atoms with E-state index in [-0.39, 0.29) is 6.42 Å². The molecule has 0 saturated heterocycles. The van der Waals surface area contributed by atoms with Crippen LogP contribution in [-0.4, -0.2) is 36.6 Å². The minimum absolute atomic E-state index is 0.335. The first-order valence-corrected chi connectivity index (χ1v) is 4.21. The molecule has 1 unspecified atom stereocenters. The van der Waals surface area contributed by atoms with E-state index in [4.69, 9.17) is 10.2 Å². The van der Waals surface area contributed by atoms with Gasteiger partial charge in [-0.3, -0.25) is 4.79 Å². The standard InChI is InChI=1S/C5H7NO6S/c7-4(8)2-1-3(5(9)10)6-13(11)12/h3H,1-2H2,(H,7,8)(H,9,10). The Morgan fingerprint density at radius 3 is 2.15 bits per heavy atom. The summed E-state index contributed by atoms with van der Waals surface area (Å²) in [6.45, 7) is 0. The number of hydrogen-bond acceptors (Lipinski definition) is 5. The number of carboxylic acids is 2. The maximum absolute atomic E-state index is 10.3. The third-order valence-corrected chi connectivity index (χ3v) is 1.56. The number of aliphatic carboxylic acids is 2. The van der Waals surface area contributed by atoms with E-state index in [1.807, 2.05) is 0 Å². The van der Waals surface area contributed by atoms with Crippen molar-refractivity contribution in [3.8, 4) is 0 Å². The van der Waals surface area contributed by atoms with Gasteiger partial charge >= 0.3 is 22.4 Å². The molecule has 2 N–H and O–H groups in total. The Bertz CT molecular complexity index is 323. The van der Waals surface area contributed by atoms with Crippen molar-refractivity contribution >= 4 is 22.4 Å². The lowest BCUT2D eigenvalue weighted by Crippen LogP contribution is -2.18. The fourth-order valence-electron chi connectivity index (χ4n) is 0.585. The molecule has 0 aliphatic rings. The molecule has 1 atom stereocenters. The molecule has 13 heavy (non-hydrogen) atoms. The summed E-state index contributed by atoms with van der Waals surface area (Å²) in [5, 5.41) is 16.6. The first kappa shape index (κ1) is 11.6. The fraction of sp³-hybridized carbons (Fsp3) is 0.600. The molecule has 0 aromatic heterocycles. The molecule has 0 aromatic carbocycles. The van der Waals surface area contributed by atoms with Crippen LogP contribution in [-0.2, 0) is 20.1 Å². The molecule has 0 rings (SSSR count). The van der Waals surface area contributed by atoms with Crippen LogP contribution in [0.5, 0.6) is 0 Å². The van der Waals surface area contributed by atoms with Crippen LogP contribution in [0.4, 0.5) is 0 Å². The summed E-state index contributed by atoms with van der Waals surface area (Å²) < 4.78 is 22.8. The van der Waals surface area contributed by atoms with E-state index in [2.05, 4.69) is 4.36 Å². The zero-order chi connectivity index (χ0) is 10.4. The number of nitrogens with zero attached hydrogens (tertiary/aromatic N) is 1. The molecule has 7 nitrogen and oxygen atoms in total. The van der Waals surface area contributed by atoms with Crippen molar-refractivity contribution in [2.75, 3.05) is 0 Å². The highest BCUT2D eigenvalue weighted by molar-refractivity contribution is 7.61. The summed E-state index contributed by atoms with van der Waals surface area (Å²) in [6.07, 6.45) is -0.768. The number of carboxylic acid groups (broad SMARTS) is 2. The van der Waals surface area contributed by atoms with E-state index in [0.29, 0.717) is 0 Å². The van der Waals surface area contributed by atoms with E-state index < -0.39 is 34.9 Å². The molecule has 0 fully saturated rings. The van der Waals surface area contributed by atoms with Crippen molar-refractivity contribution in [1.29, 1.82) is 0 Å². The normalized spacial score (nSPS) is 11.7. The van der Waals surface area contributed by atoms with E-state index in [9.17, 15) is 18.0 Å². The fourth-order valence-corrected chi connectivity index (χ4v) is 0.989. The zero-order valence-corrected chi connectivity index (χ0v) is 7.19. The van der Waals surface area contributed by atoms with Gasteiger partial charge in [-0.1, -0.05) is 0 Å². The van der Waals surface area contributed by atoms with Gasteiger partial charge in [0.25, 0.3) is 0 Å². The largest absolute Gasteiger partial charge is 0.481 e. The minimum Gasteiger partial charge on any atom is -0.481 e. The first-order chi connectivity index (χ1) is 5.93. The van der Waals surface area contributed by atoms with Crippen LogP contribution in [0, 0.1) is 0 Å². The molecule has 0 bridgehead atoms. The van der Waals surface area contributed by atoms with Crippen LogP contribution >= 0.6 is 0 Å². The molecule has 0 amide bonds. The van der Waals surface area contributed by atoms with Crippen LogP contribution < -0.4 is 0 Å². The summed E-state index contributed by atoms with van der Waals surface area (Å²) in [5.41, 5.74) is 0. The van der Waals surface area contributed by atoms with Gasteiger partial charge in [0.1, 0.15) is 0 Å². The first-order valence-electron chi connectivity index (χ1n) is 3.18. The molecule has 8 heteroatoms. The van der Waals surface area contributed by atoms with Gasteiger partial charge in [0.2, 0.25) is 0 Å². The Labute approximate surface area is 74.7 Å². The Morgan fingerprint density at radius 1 is 1.31 bits per heavy atom. The number of hydrogen-bond donors (Lipinski definition) is 2. The highest BCUT2D eigenvalue weighted by Gasteiger charge is 2.17. The molecule has 0 aromatic rings. The Morgan fingerprint density at radius 2 is 1.85 bits per heavy atom. The molecule has 0 saturated carbocycles. The molecule has 0 heterocycles. The summed E-state index contributed by atoms with van der Waals surface area (Å²) in [6, 6.07) is -1.51. The average molecular weight is 209 g/mol. The summed E-state index contributed by atoms with van der Waals surface area (Å²) in [4.78, 5) is 20.3. The van der Waals surface area contributed by atoms with Crippen LogP contribution in [0.25, 0.3) is 0 Å². The maximum Gasteiger partial charge on any atom is 0.329 e. The molecule has 0 aliphatic carbocycles. The average Bonchev–Trinajstić information content (AvgIpc) is 1.96. The topological polar surface area (TPSA) is 121 Å². The zero-order valence-electron chi connectivity index (χ0n) is 6.37. The predicted octanol–water partition coefficient (Wildman–Crippen LogP) is -0.633. The Kier molecular flexibility index (Phi) is 4.67. The van der Waals surface area contributed by atoms with E-state index in [1.54, 1.807) is 0 Å². The van der Waals surface area contributed by atoms with Crippen molar-refractivity contribution in [2.45, 2.75) is 18.9 Å². The number of carbonyl (C=O) groups is 2. The molecular weight excluding hydrogens is 202 g/mol. The van der Waals surface area contributed by atoms with Crippen molar-refractivity contribution in [1.82, 2.24) is 0 Å². The van der Waals surface area contributed by atoms with Gasteiger partial charge in [-0.05, 0) is 6.42 Å². The van der Waals surface area contributed by atoms with Crippen molar-refractivity contribution in [3.63, 3.8) is 0 Å². The summed E-state index contributed by atoms with van der Waals surface area (Å²) in [7, 11) is -2.83. The van der Waals surface area contributed by atoms with E-state index in [0.717, 1.165) is 0 Å². The molecule has 74 valence electrons. The third kappa shape index (κ3) is 5.79.